The molecule has 1 aromatic carbocycles. The van der Waals surface area contributed by atoms with Gasteiger partial charge in [0, 0.05) is 30.9 Å². The molecule has 0 radical (unpaired) electrons. The second kappa shape index (κ2) is 5.74. The Bertz CT molecular complexity index is 713. The van der Waals surface area contributed by atoms with Gasteiger partial charge in [-0.25, -0.2) is 13.1 Å². The molecule has 1 aliphatic heterocycles. The van der Waals surface area contributed by atoms with Crippen LogP contribution >= 0.6 is 0 Å². The largest absolute Gasteiger partial charge is 0.486 e. The number of H-pyrrole nitrogens is 1. The highest BCUT2D eigenvalue weighted by atomic mass is 32.2. The number of nitrogens with one attached hydrogen (secondary N) is 2. The van der Waals surface area contributed by atoms with E-state index in [9.17, 15) is 8.42 Å². The van der Waals surface area contributed by atoms with Crippen molar-refractivity contribution in [2.45, 2.75) is 11.3 Å². The molecule has 0 amide bonds. The molecule has 1 aromatic heterocycles. The quantitative estimate of drug-likeness (QED) is 0.848. The van der Waals surface area contributed by atoms with Gasteiger partial charge >= 0.3 is 0 Å². The molecule has 0 saturated carbocycles. The zero-order valence-electron chi connectivity index (χ0n) is 11.2. The maximum atomic E-state index is 12.2. The van der Waals surface area contributed by atoms with Crippen LogP contribution < -0.4 is 14.2 Å². The minimum Gasteiger partial charge on any atom is -0.486 e. The molecule has 2 N–H and O–H groups in total. The Morgan fingerprint density at radius 1 is 1.19 bits per heavy atom. The van der Waals surface area contributed by atoms with Crippen LogP contribution in [-0.2, 0) is 16.4 Å². The van der Waals surface area contributed by atoms with Crippen LogP contribution in [0.2, 0.25) is 0 Å². The third-order valence-corrected chi connectivity index (χ3v) is 4.53. The predicted molar refractivity (Wildman–Crippen MR) is 74.9 cm³/mol. The molecule has 21 heavy (non-hydrogen) atoms. The number of hydrogen-bond donors (Lipinski definition) is 2. The van der Waals surface area contributed by atoms with Crippen LogP contribution in [-0.4, -0.2) is 38.4 Å². The van der Waals surface area contributed by atoms with Crippen molar-refractivity contribution in [3.05, 3.63) is 36.2 Å². The van der Waals surface area contributed by atoms with Crippen molar-refractivity contribution in [2.75, 3.05) is 19.8 Å². The van der Waals surface area contributed by atoms with Crippen LogP contribution in [0.15, 0.2) is 35.4 Å². The molecule has 1 aliphatic rings. The number of hydrogen-bond acceptors (Lipinski definition) is 5. The molecular formula is C13H15N3O4S. The molecule has 0 saturated heterocycles. The first-order valence-electron chi connectivity index (χ1n) is 6.53. The van der Waals surface area contributed by atoms with Crippen molar-refractivity contribution in [3.8, 4) is 11.5 Å². The first-order chi connectivity index (χ1) is 10.1. The topological polar surface area (TPSA) is 93.3 Å². The zero-order valence-corrected chi connectivity index (χ0v) is 12.0. The van der Waals surface area contributed by atoms with E-state index in [0.717, 1.165) is 5.69 Å². The number of ether oxygens (including phenoxy) is 2. The SMILES string of the molecule is O=S(=O)(NCCc1ccn[nH]1)c1ccc2c(c1)OCCO2. The molecule has 112 valence electrons. The van der Waals surface area contributed by atoms with E-state index in [2.05, 4.69) is 14.9 Å². The van der Waals surface area contributed by atoms with Gasteiger partial charge in [0.05, 0.1) is 4.90 Å². The standard InChI is InChI=1S/C13H15N3O4S/c17-21(18,15-6-4-10-3-5-14-16-10)11-1-2-12-13(9-11)20-8-7-19-12/h1-3,5,9,15H,4,6-8H2,(H,14,16). The lowest BCUT2D eigenvalue weighted by atomic mass is 10.3. The molecular weight excluding hydrogens is 294 g/mol. The summed E-state index contributed by atoms with van der Waals surface area (Å²) in [6.45, 7) is 1.18. The first-order valence-corrected chi connectivity index (χ1v) is 8.01. The van der Waals surface area contributed by atoms with Crippen molar-refractivity contribution in [2.24, 2.45) is 0 Å². The van der Waals surface area contributed by atoms with Gasteiger partial charge in [-0.2, -0.15) is 5.10 Å². The molecule has 3 rings (SSSR count). The van der Waals surface area contributed by atoms with Gasteiger partial charge < -0.3 is 9.47 Å². The maximum absolute atomic E-state index is 12.2. The summed E-state index contributed by atoms with van der Waals surface area (Å²) in [6, 6.07) is 6.40. The smallest absolute Gasteiger partial charge is 0.240 e. The van der Waals surface area contributed by atoms with Gasteiger partial charge in [-0.05, 0) is 18.2 Å². The number of rotatable bonds is 5. The summed E-state index contributed by atoms with van der Waals surface area (Å²) >= 11 is 0. The number of fused-ring (bicyclic) bond motifs is 1. The Balaban J connectivity index is 1.69. The van der Waals surface area contributed by atoms with Crippen LogP contribution in [0.3, 0.4) is 0 Å². The summed E-state index contributed by atoms with van der Waals surface area (Å²) in [5, 5.41) is 6.59. The van der Waals surface area contributed by atoms with Crippen LogP contribution in [0.5, 0.6) is 11.5 Å². The third kappa shape index (κ3) is 3.17. The number of aromatic amines is 1. The predicted octanol–water partition coefficient (Wildman–Crippen LogP) is 0.702. The van der Waals surface area contributed by atoms with Crippen molar-refractivity contribution >= 4 is 10.0 Å². The van der Waals surface area contributed by atoms with E-state index in [1.807, 2.05) is 0 Å². The molecule has 0 fully saturated rings. The van der Waals surface area contributed by atoms with Gasteiger partial charge in [0.1, 0.15) is 13.2 Å². The molecule has 8 heteroatoms. The number of aromatic nitrogens is 2. The Morgan fingerprint density at radius 2 is 2.00 bits per heavy atom. The van der Waals surface area contributed by atoms with Crippen molar-refractivity contribution in [3.63, 3.8) is 0 Å². The van der Waals surface area contributed by atoms with E-state index in [-0.39, 0.29) is 4.90 Å². The van der Waals surface area contributed by atoms with Crippen LogP contribution in [0, 0.1) is 0 Å². The molecule has 0 bridgehead atoms. The number of sulfonamides is 1. The minimum absolute atomic E-state index is 0.163. The van der Waals surface area contributed by atoms with Gasteiger partial charge in [0.25, 0.3) is 0 Å². The normalized spacial score (nSPS) is 14.1. The Morgan fingerprint density at radius 3 is 2.76 bits per heavy atom. The van der Waals surface area contributed by atoms with Crippen LogP contribution in [0.1, 0.15) is 5.69 Å². The molecule has 0 atom stereocenters. The van der Waals surface area contributed by atoms with E-state index in [0.29, 0.717) is 37.7 Å². The fraction of sp³-hybridized carbons (Fsp3) is 0.308. The fourth-order valence-electron chi connectivity index (χ4n) is 2.02. The van der Waals surface area contributed by atoms with Crippen molar-refractivity contribution in [1.82, 2.24) is 14.9 Å². The lowest BCUT2D eigenvalue weighted by Crippen LogP contribution is -2.26. The molecule has 0 unspecified atom stereocenters. The van der Waals surface area contributed by atoms with Gasteiger partial charge in [-0.15, -0.1) is 0 Å². The second-order valence-electron chi connectivity index (χ2n) is 4.54. The summed E-state index contributed by atoms with van der Waals surface area (Å²) in [5.74, 6) is 1.02. The summed E-state index contributed by atoms with van der Waals surface area (Å²) < 4.78 is 37.7. The Labute approximate surface area is 122 Å². The van der Waals surface area contributed by atoms with Gasteiger partial charge in [0.2, 0.25) is 10.0 Å². The summed E-state index contributed by atoms with van der Waals surface area (Å²) in [7, 11) is -3.57. The van der Waals surface area contributed by atoms with E-state index in [4.69, 9.17) is 9.47 Å². The van der Waals surface area contributed by atoms with Crippen LogP contribution in [0.4, 0.5) is 0 Å². The molecule has 2 aromatic rings. The minimum atomic E-state index is -3.57. The zero-order chi connectivity index (χ0) is 14.7. The van der Waals surface area contributed by atoms with Crippen LogP contribution in [0.25, 0.3) is 0 Å². The molecule has 0 aliphatic carbocycles. The monoisotopic (exact) mass is 309 g/mol. The molecule has 7 nitrogen and oxygen atoms in total. The summed E-state index contributed by atoms with van der Waals surface area (Å²) in [6.07, 6.45) is 2.18. The average molecular weight is 309 g/mol. The Kier molecular flexibility index (Phi) is 3.80. The average Bonchev–Trinajstić information content (AvgIpc) is 3.00. The van der Waals surface area contributed by atoms with Gasteiger partial charge in [0.15, 0.2) is 11.5 Å². The van der Waals surface area contributed by atoms with E-state index >= 15 is 0 Å². The maximum Gasteiger partial charge on any atom is 0.240 e. The molecule has 0 spiro atoms. The van der Waals surface area contributed by atoms with E-state index < -0.39 is 10.0 Å². The lowest BCUT2D eigenvalue weighted by Gasteiger charge is -2.18. The highest BCUT2D eigenvalue weighted by Gasteiger charge is 2.18. The van der Waals surface area contributed by atoms with Crippen molar-refractivity contribution < 1.29 is 17.9 Å². The van der Waals surface area contributed by atoms with Crippen molar-refractivity contribution in [1.29, 1.82) is 0 Å². The second-order valence-corrected chi connectivity index (χ2v) is 6.30. The number of benzene rings is 1. The highest BCUT2D eigenvalue weighted by molar-refractivity contribution is 7.89. The van der Waals surface area contributed by atoms with Gasteiger partial charge in [-0.3, -0.25) is 5.10 Å². The summed E-state index contributed by atoms with van der Waals surface area (Å²) in [4.78, 5) is 0.163. The molecule has 2 heterocycles. The van der Waals surface area contributed by atoms with E-state index in [1.165, 1.54) is 12.1 Å². The van der Waals surface area contributed by atoms with Gasteiger partial charge in [-0.1, -0.05) is 0 Å². The fourth-order valence-corrected chi connectivity index (χ4v) is 3.06. The third-order valence-electron chi connectivity index (χ3n) is 3.07. The Hall–Kier alpha value is -2.06. The first kappa shape index (κ1) is 13.9. The van der Waals surface area contributed by atoms with E-state index in [1.54, 1.807) is 18.3 Å². The highest BCUT2D eigenvalue weighted by Crippen LogP contribution is 2.32. The number of nitrogens with zero attached hydrogens (tertiary/aromatic N) is 1. The summed E-state index contributed by atoms with van der Waals surface area (Å²) in [5.41, 5.74) is 0.875. The lowest BCUT2D eigenvalue weighted by molar-refractivity contribution is 0.171.